The fraction of sp³-hybridized carbons (Fsp3) is 0.200. The molecule has 27 heavy (non-hydrogen) atoms. The number of anilines is 1. The van der Waals surface area contributed by atoms with E-state index < -0.39 is 5.97 Å². The summed E-state index contributed by atoms with van der Waals surface area (Å²) in [6.45, 7) is 0.0437. The highest BCUT2D eigenvalue weighted by atomic mass is 16.4. The molecule has 0 aliphatic heterocycles. The third kappa shape index (κ3) is 6.74. The molecule has 2 rings (SSSR count). The standard InChI is InChI=1S/C20H20N2O5/c23-17(14-4-2-1-3-5-14)10-11-18(24)22-16-8-6-15(7-9-16)20(27)21-13-12-19(25)26/h1-9H,10-13H2,(H,21,27)(H,22,24)(H,25,26). The Morgan fingerprint density at radius 1 is 0.778 bits per heavy atom. The van der Waals surface area contributed by atoms with Crippen molar-refractivity contribution in [3.05, 3.63) is 65.7 Å². The summed E-state index contributed by atoms with van der Waals surface area (Å²) in [5, 5.41) is 13.7. The van der Waals surface area contributed by atoms with E-state index in [9.17, 15) is 19.2 Å². The van der Waals surface area contributed by atoms with E-state index in [-0.39, 0.29) is 43.4 Å². The molecule has 0 atom stereocenters. The quantitative estimate of drug-likeness (QED) is 0.589. The van der Waals surface area contributed by atoms with Crippen molar-refractivity contribution in [1.82, 2.24) is 5.32 Å². The number of carbonyl (C=O) groups excluding carboxylic acids is 3. The number of Topliss-reactive ketones (excluding diaryl/α,β-unsaturated/α-hetero) is 1. The zero-order chi connectivity index (χ0) is 19.6. The fourth-order valence-electron chi connectivity index (χ4n) is 2.31. The Kier molecular flexibility index (Phi) is 7.25. The lowest BCUT2D eigenvalue weighted by Gasteiger charge is -2.07. The van der Waals surface area contributed by atoms with Crippen LogP contribution in [-0.2, 0) is 9.59 Å². The molecule has 3 N–H and O–H groups in total. The van der Waals surface area contributed by atoms with Gasteiger partial charge in [-0.25, -0.2) is 0 Å². The molecule has 2 aromatic rings. The highest BCUT2D eigenvalue weighted by Gasteiger charge is 2.10. The molecule has 0 aliphatic rings. The molecule has 0 spiro atoms. The monoisotopic (exact) mass is 368 g/mol. The summed E-state index contributed by atoms with van der Waals surface area (Å²) in [5.41, 5.74) is 1.44. The van der Waals surface area contributed by atoms with E-state index in [0.717, 1.165) is 0 Å². The van der Waals surface area contributed by atoms with Crippen LogP contribution in [-0.4, -0.2) is 35.2 Å². The number of aliphatic carboxylic acids is 1. The molecule has 140 valence electrons. The molecule has 0 unspecified atom stereocenters. The number of amides is 2. The number of rotatable bonds is 9. The Labute approximate surface area is 156 Å². The van der Waals surface area contributed by atoms with Crippen LogP contribution in [0.1, 0.15) is 40.0 Å². The zero-order valence-electron chi connectivity index (χ0n) is 14.6. The van der Waals surface area contributed by atoms with Gasteiger partial charge in [-0.3, -0.25) is 19.2 Å². The summed E-state index contributed by atoms with van der Waals surface area (Å²) >= 11 is 0. The summed E-state index contributed by atoms with van der Waals surface area (Å²) < 4.78 is 0. The van der Waals surface area contributed by atoms with Gasteiger partial charge in [-0.1, -0.05) is 30.3 Å². The Balaban J connectivity index is 1.79. The van der Waals surface area contributed by atoms with Gasteiger partial charge in [0, 0.05) is 36.2 Å². The fourth-order valence-corrected chi connectivity index (χ4v) is 2.31. The molecule has 0 heterocycles. The number of hydrogen-bond donors (Lipinski definition) is 3. The second-order valence-corrected chi connectivity index (χ2v) is 5.81. The summed E-state index contributed by atoms with van der Waals surface area (Å²) in [4.78, 5) is 46.2. The van der Waals surface area contributed by atoms with Crippen molar-refractivity contribution in [2.45, 2.75) is 19.3 Å². The van der Waals surface area contributed by atoms with E-state index in [2.05, 4.69) is 10.6 Å². The van der Waals surface area contributed by atoms with Gasteiger partial charge in [-0.15, -0.1) is 0 Å². The van der Waals surface area contributed by atoms with Crippen LogP contribution < -0.4 is 10.6 Å². The minimum Gasteiger partial charge on any atom is -0.481 e. The van der Waals surface area contributed by atoms with Gasteiger partial charge >= 0.3 is 5.97 Å². The van der Waals surface area contributed by atoms with E-state index in [1.807, 2.05) is 6.07 Å². The van der Waals surface area contributed by atoms with Crippen LogP contribution in [0.25, 0.3) is 0 Å². The highest BCUT2D eigenvalue weighted by molar-refractivity contribution is 6.00. The average Bonchev–Trinajstić information content (AvgIpc) is 2.67. The van der Waals surface area contributed by atoms with Crippen molar-refractivity contribution in [3.8, 4) is 0 Å². The normalized spacial score (nSPS) is 10.1. The van der Waals surface area contributed by atoms with Crippen molar-refractivity contribution in [1.29, 1.82) is 0 Å². The lowest BCUT2D eigenvalue weighted by atomic mass is 10.1. The van der Waals surface area contributed by atoms with Crippen LogP contribution in [0.15, 0.2) is 54.6 Å². The van der Waals surface area contributed by atoms with Gasteiger partial charge in [-0.2, -0.15) is 0 Å². The summed E-state index contributed by atoms with van der Waals surface area (Å²) in [5.74, 6) is -1.77. The maximum Gasteiger partial charge on any atom is 0.305 e. The average molecular weight is 368 g/mol. The van der Waals surface area contributed by atoms with Gasteiger partial charge in [0.1, 0.15) is 0 Å². The second-order valence-electron chi connectivity index (χ2n) is 5.81. The Morgan fingerprint density at radius 3 is 2.07 bits per heavy atom. The summed E-state index contributed by atoms with van der Waals surface area (Å²) in [6, 6.07) is 15.0. The van der Waals surface area contributed by atoms with Crippen molar-refractivity contribution >= 4 is 29.3 Å². The number of benzene rings is 2. The number of carboxylic acids is 1. The van der Waals surface area contributed by atoms with Crippen molar-refractivity contribution in [2.24, 2.45) is 0 Å². The van der Waals surface area contributed by atoms with Crippen LogP contribution in [0.4, 0.5) is 5.69 Å². The zero-order valence-corrected chi connectivity index (χ0v) is 14.6. The molecule has 0 radical (unpaired) electrons. The number of hydrogen-bond acceptors (Lipinski definition) is 4. The van der Waals surface area contributed by atoms with Crippen LogP contribution in [0.3, 0.4) is 0 Å². The number of ketones is 1. The van der Waals surface area contributed by atoms with E-state index >= 15 is 0 Å². The lowest BCUT2D eigenvalue weighted by Crippen LogP contribution is -2.25. The smallest absolute Gasteiger partial charge is 0.305 e. The Hall–Kier alpha value is -3.48. The minimum absolute atomic E-state index is 0.0437. The molecule has 0 fully saturated rings. The van der Waals surface area contributed by atoms with Crippen LogP contribution in [0, 0.1) is 0 Å². The lowest BCUT2D eigenvalue weighted by molar-refractivity contribution is -0.136. The summed E-state index contributed by atoms with van der Waals surface area (Å²) in [7, 11) is 0. The Morgan fingerprint density at radius 2 is 1.44 bits per heavy atom. The third-order valence-corrected chi connectivity index (χ3v) is 3.73. The largest absolute Gasteiger partial charge is 0.481 e. The van der Waals surface area contributed by atoms with E-state index in [1.165, 1.54) is 12.1 Å². The molecule has 2 amide bonds. The van der Waals surface area contributed by atoms with E-state index in [0.29, 0.717) is 16.8 Å². The SMILES string of the molecule is O=C(O)CCNC(=O)c1ccc(NC(=O)CCC(=O)c2ccccc2)cc1. The molecular formula is C20H20N2O5. The molecule has 7 nitrogen and oxygen atoms in total. The first kappa shape index (κ1) is 19.8. The van der Waals surface area contributed by atoms with Gasteiger partial charge in [0.05, 0.1) is 6.42 Å². The second kappa shape index (κ2) is 9.86. The molecule has 0 aromatic heterocycles. The topological polar surface area (TPSA) is 113 Å². The molecule has 0 saturated carbocycles. The molecule has 0 bridgehead atoms. The minimum atomic E-state index is -0.987. The molecular weight excluding hydrogens is 348 g/mol. The van der Waals surface area contributed by atoms with Gasteiger partial charge < -0.3 is 15.7 Å². The Bertz CT molecular complexity index is 816. The molecule has 0 saturated heterocycles. The van der Waals surface area contributed by atoms with Crippen LogP contribution >= 0.6 is 0 Å². The number of carbonyl (C=O) groups is 4. The van der Waals surface area contributed by atoms with Gasteiger partial charge in [0.2, 0.25) is 5.91 Å². The summed E-state index contributed by atoms with van der Waals surface area (Å²) in [6.07, 6.45) is 0.0205. The van der Waals surface area contributed by atoms with E-state index in [4.69, 9.17) is 5.11 Å². The maximum atomic E-state index is 12.0. The van der Waals surface area contributed by atoms with Crippen LogP contribution in [0.2, 0.25) is 0 Å². The van der Waals surface area contributed by atoms with Gasteiger partial charge in [0.15, 0.2) is 5.78 Å². The first-order valence-corrected chi connectivity index (χ1v) is 8.44. The predicted molar refractivity (Wildman–Crippen MR) is 99.7 cm³/mol. The first-order valence-electron chi connectivity index (χ1n) is 8.44. The molecule has 0 aliphatic carbocycles. The van der Waals surface area contributed by atoms with Crippen molar-refractivity contribution in [2.75, 3.05) is 11.9 Å². The van der Waals surface area contributed by atoms with Gasteiger partial charge in [-0.05, 0) is 24.3 Å². The number of carboxylic acid groups (broad SMARTS) is 1. The first-order chi connectivity index (χ1) is 13.0. The van der Waals surface area contributed by atoms with Crippen molar-refractivity contribution in [3.63, 3.8) is 0 Å². The number of nitrogens with one attached hydrogen (secondary N) is 2. The molecule has 2 aromatic carbocycles. The third-order valence-electron chi connectivity index (χ3n) is 3.73. The maximum absolute atomic E-state index is 12.0. The molecule has 7 heteroatoms. The van der Waals surface area contributed by atoms with Crippen LogP contribution in [0.5, 0.6) is 0 Å². The highest BCUT2D eigenvalue weighted by Crippen LogP contribution is 2.11. The van der Waals surface area contributed by atoms with Crippen molar-refractivity contribution < 1.29 is 24.3 Å². The van der Waals surface area contributed by atoms with E-state index in [1.54, 1.807) is 36.4 Å². The predicted octanol–water partition coefficient (Wildman–Crippen LogP) is 2.49. The van der Waals surface area contributed by atoms with Gasteiger partial charge in [0.25, 0.3) is 5.91 Å².